The molecule has 1 aromatic heterocycles. The molecule has 0 aromatic carbocycles. The first-order valence-electron chi connectivity index (χ1n) is 7.01. The fraction of sp³-hybridized carbons (Fsp3) is 0.667. The lowest BCUT2D eigenvalue weighted by atomic mass is 9.82. The monoisotopic (exact) mass is 278 g/mol. The molecule has 5 heteroatoms. The minimum Gasteiger partial charge on any atom is -0.369 e. The Balaban J connectivity index is 2.78. The normalized spacial score (nSPS) is 12.1. The first kappa shape index (κ1) is 16.4. The van der Waals surface area contributed by atoms with Crippen LogP contribution in [0.1, 0.15) is 58.5 Å². The maximum Gasteiger partial charge on any atom is 0.271 e. The van der Waals surface area contributed by atoms with Gasteiger partial charge in [-0.1, -0.05) is 20.8 Å². The molecule has 0 atom stereocenters. The Bertz CT molecular complexity index is 463. The fourth-order valence-electron chi connectivity index (χ4n) is 2.48. The van der Waals surface area contributed by atoms with Crippen molar-refractivity contribution in [3.63, 3.8) is 0 Å². The lowest BCUT2D eigenvalue weighted by Crippen LogP contribution is -2.46. The van der Waals surface area contributed by atoms with E-state index in [-0.39, 0.29) is 16.9 Å². The smallest absolute Gasteiger partial charge is 0.271 e. The number of rotatable bonds is 5. The lowest BCUT2D eigenvalue weighted by Gasteiger charge is -2.33. The number of carbonyl (C=O) groups excluding carboxylic acids is 1. The van der Waals surface area contributed by atoms with Gasteiger partial charge in [0.15, 0.2) is 0 Å². The fourth-order valence-corrected chi connectivity index (χ4v) is 2.48. The Labute approximate surface area is 121 Å². The zero-order chi connectivity index (χ0) is 15.4. The van der Waals surface area contributed by atoms with E-state index in [2.05, 4.69) is 41.4 Å². The van der Waals surface area contributed by atoms with Crippen LogP contribution in [-0.4, -0.2) is 28.0 Å². The highest BCUT2D eigenvalue weighted by Crippen LogP contribution is 2.26. The van der Waals surface area contributed by atoms with Crippen LogP contribution in [0.3, 0.4) is 0 Å². The summed E-state index contributed by atoms with van der Waals surface area (Å²) in [5, 5.41) is 6.08. The van der Waals surface area contributed by atoms with E-state index >= 15 is 0 Å². The lowest BCUT2D eigenvalue weighted by molar-refractivity contribution is 0.0886. The highest BCUT2D eigenvalue weighted by atomic mass is 16.2. The Hall–Kier alpha value is -1.65. The van der Waals surface area contributed by atoms with Gasteiger partial charge >= 0.3 is 0 Å². The van der Waals surface area contributed by atoms with Crippen molar-refractivity contribution in [3.05, 3.63) is 18.1 Å². The van der Waals surface area contributed by atoms with Crippen molar-refractivity contribution in [3.8, 4) is 0 Å². The Morgan fingerprint density at radius 1 is 1.20 bits per heavy atom. The molecular formula is C15H26N4O. The van der Waals surface area contributed by atoms with Crippen LogP contribution >= 0.6 is 0 Å². The van der Waals surface area contributed by atoms with Gasteiger partial charge in [-0.25, -0.2) is 4.98 Å². The zero-order valence-corrected chi connectivity index (χ0v) is 13.4. The highest BCUT2D eigenvalue weighted by Gasteiger charge is 2.27. The SMILES string of the molecule is CCNc1cncc(C(=O)NC(C)(C)CC(C)(C)C)n1. The van der Waals surface area contributed by atoms with Crippen LogP contribution in [0.4, 0.5) is 5.82 Å². The molecule has 0 bridgehead atoms. The summed E-state index contributed by atoms with van der Waals surface area (Å²) >= 11 is 0. The molecule has 2 N–H and O–H groups in total. The second-order valence-corrected chi connectivity index (χ2v) is 6.90. The maximum atomic E-state index is 12.3. The topological polar surface area (TPSA) is 66.9 Å². The van der Waals surface area contributed by atoms with Crippen LogP contribution in [0, 0.1) is 5.41 Å². The predicted molar refractivity (Wildman–Crippen MR) is 81.8 cm³/mol. The quantitative estimate of drug-likeness (QED) is 0.869. The predicted octanol–water partition coefficient (Wildman–Crippen LogP) is 2.85. The van der Waals surface area contributed by atoms with E-state index in [1.165, 1.54) is 6.20 Å². The van der Waals surface area contributed by atoms with E-state index in [1.54, 1.807) is 6.20 Å². The molecule has 0 radical (unpaired) electrons. The minimum absolute atomic E-state index is 0.147. The van der Waals surface area contributed by atoms with Gasteiger partial charge in [0.1, 0.15) is 11.5 Å². The van der Waals surface area contributed by atoms with Gasteiger partial charge in [0, 0.05) is 12.1 Å². The second kappa shape index (κ2) is 6.20. The average molecular weight is 278 g/mol. The largest absolute Gasteiger partial charge is 0.369 e. The number of anilines is 1. The van der Waals surface area contributed by atoms with Gasteiger partial charge in [0.2, 0.25) is 0 Å². The molecule has 0 spiro atoms. The van der Waals surface area contributed by atoms with E-state index < -0.39 is 0 Å². The molecule has 1 heterocycles. The second-order valence-electron chi connectivity index (χ2n) is 6.90. The number of hydrogen-bond donors (Lipinski definition) is 2. The Morgan fingerprint density at radius 3 is 2.40 bits per heavy atom. The van der Waals surface area contributed by atoms with Crippen molar-refractivity contribution in [2.75, 3.05) is 11.9 Å². The third kappa shape index (κ3) is 5.55. The van der Waals surface area contributed by atoms with Crippen LogP contribution in [0.5, 0.6) is 0 Å². The molecular weight excluding hydrogens is 252 g/mol. The summed E-state index contributed by atoms with van der Waals surface area (Å²) in [6.07, 6.45) is 3.98. The van der Waals surface area contributed by atoms with Gasteiger partial charge in [-0.2, -0.15) is 0 Å². The molecule has 0 aliphatic rings. The van der Waals surface area contributed by atoms with Crippen molar-refractivity contribution in [1.29, 1.82) is 0 Å². The van der Waals surface area contributed by atoms with Gasteiger partial charge in [-0.05, 0) is 32.6 Å². The van der Waals surface area contributed by atoms with E-state index in [9.17, 15) is 4.79 Å². The third-order valence-electron chi connectivity index (χ3n) is 2.65. The number of carbonyl (C=O) groups is 1. The van der Waals surface area contributed by atoms with Crippen molar-refractivity contribution in [1.82, 2.24) is 15.3 Å². The molecule has 0 unspecified atom stereocenters. The number of amides is 1. The van der Waals surface area contributed by atoms with Crippen LogP contribution in [0.2, 0.25) is 0 Å². The van der Waals surface area contributed by atoms with Crippen LogP contribution in [0.25, 0.3) is 0 Å². The summed E-state index contributed by atoms with van der Waals surface area (Å²) in [7, 11) is 0. The molecule has 112 valence electrons. The number of aromatic nitrogens is 2. The summed E-state index contributed by atoms with van der Waals surface area (Å²) in [6.45, 7) is 13.2. The van der Waals surface area contributed by atoms with Gasteiger partial charge in [0.25, 0.3) is 5.91 Å². The third-order valence-corrected chi connectivity index (χ3v) is 2.65. The first-order valence-corrected chi connectivity index (χ1v) is 7.01. The van der Waals surface area contributed by atoms with Gasteiger partial charge in [-0.15, -0.1) is 0 Å². The number of hydrogen-bond acceptors (Lipinski definition) is 4. The van der Waals surface area contributed by atoms with Crippen LogP contribution in [-0.2, 0) is 0 Å². The molecule has 1 rings (SSSR count). The summed E-state index contributed by atoms with van der Waals surface area (Å²) in [5.74, 6) is 0.431. The van der Waals surface area contributed by atoms with E-state index in [0.29, 0.717) is 11.5 Å². The van der Waals surface area contributed by atoms with E-state index in [4.69, 9.17) is 0 Å². The minimum atomic E-state index is -0.287. The molecule has 0 aliphatic carbocycles. The highest BCUT2D eigenvalue weighted by molar-refractivity contribution is 5.92. The Kier molecular flexibility index (Phi) is 5.09. The standard InChI is InChI=1S/C15H26N4O/c1-7-17-12-9-16-8-11(18-12)13(20)19-15(5,6)10-14(2,3)4/h8-9H,7,10H2,1-6H3,(H,17,18)(H,19,20). The van der Waals surface area contributed by atoms with Gasteiger partial charge in [0.05, 0.1) is 12.4 Å². The van der Waals surface area contributed by atoms with Crippen molar-refractivity contribution in [2.24, 2.45) is 5.41 Å². The maximum absolute atomic E-state index is 12.3. The number of nitrogens with zero attached hydrogens (tertiary/aromatic N) is 2. The van der Waals surface area contributed by atoms with Crippen molar-refractivity contribution in [2.45, 2.75) is 53.5 Å². The number of nitrogens with one attached hydrogen (secondary N) is 2. The van der Waals surface area contributed by atoms with Crippen molar-refractivity contribution < 1.29 is 4.79 Å². The van der Waals surface area contributed by atoms with Gasteiger partial charge in [-0.3, -0.25) is 9.78 Å². The molecule has 20 heavy (non-hydrogen) atoms. The van der Waals surface area contributed by atoms with Crippen LogP contribution < -0.4 is 10.6 Å². The molecule has 5 nitrogen and oxygen atoms in total. The summed E-state index contributed by atoms with van der Waals surface area (Å²) in [5.41, 5.74) is 0.199. The average Bonchev–Trinajstić information content (AvgIpc) is 2.25. The summed E-state index contributed by atoms with van der Waals surface area (Å²) in [4.78, 5) is 20.6. The zero-order valence-electron chi connectivity index (χ0n) is 13.4. The molecule has 1 aromatic rings. The van der Waals surface area contributed by atoms with E-state index in [1.807, 2.05) is 20.8 Å². The van der Waals surface area contributed by atoms with Gasteiger partial charge < -0.3 is 10.6 Å². The van der Waals surface area contributed by atoms with Crippen molar-refractivity contribution >= 4 is 11.7 Å². The molecule has 0 aliphatic heterocycles. The molecule has 1 amide bonds. The van der Waals surface area contributed by atoms with Crippen LogP contribution in [0.15, 0.2) is 12.4 Å². The molecule has 0 saturated carbocycles. The Morgan fingerprint density at radius 2 is 1.85 bits per heavy atom. The molecule has 0 saturated heterocycles. The summed E-state index contributed by atoms with van der Waals surface area (Å²) in [6, 6.07) is 0. The summed E-state index contributed by atoms with van der Waals surface area (Å²) < 4.78 is 0. The first-order chi connectivity index (χ1) is 9.13. The molecule has 0 fully saturated rings. The van der Waals surface area contributed by atoms with E-state index in [0.717, 1.165) is 13.0 Å².